The number of aryl methyl sites for hydroxylation is 1. The lowest BCUT2D eigenvalue weighted by Gasteiger charge is -2.13. The maximum atomic E-state index is 12.6. The van der Waals surface area contributed by atoms with Crippen molar-refractivity contribution in [2.24, 2.45) is 16.3 Å². The molecular weight excluding hydrogens is 434 g/mol. The minimum atomic E-state index is -2.96. The molecule has 9 nitrogen and oxygen atoms in total. The van der Waals surface area contributed by atoms with Gasteiger partial charge in [0.1, 0.15) is 12.1 Å². The summed E-state index contributed by atoms with van der Waals surface area (Å²) in [7, 11) is 0. The molecule has 9 heteroatoms. The number of amides is 1. The second kappa shape index (κ2) is 11.6. The smallest absolute Gasteiger partial charge is 0.288 e. The van der Waals surface area contributed by atoms with Gasteiger partial charge in [-0.2, -0.15) is 21.0 Å². The molecule has 1 amide bonds. The zero-order valence-corrected chi connectivity index (χ0v) is 18.0. The lowest BCUT2D eigenvalue weighted by molar-refractivity contribution is -0.133. The Bertz CT molecular complexity index is 1250. The Kier molecular flexibility index (Phi) is 8.61. The van der Waals surface area contributed by atoms with E-state index < -0.39 is 28.8 Å². The van der Waals surface area contributed by atoms with Crippen molar-refractivity contribution in [3.8, 4) is 35.8 Å². The van der Waals surface area contributed by atoms with E-state index in [1.54, 1.807) is 0 Å². The molecule has 0 spiro atoms. The number of carbonyl (C=O) groups excluding carboxylic acids is 2. The van der Waals surface area contributed by atoms with Crippen molar-refractivity contribution in [3.63, 3.8) is 0 Å². The number of nitriles is 4. The number of ketones is 1. The summed E-state index contributed by atoms with van der Waals surface area (Å²) < 4.78 is 0. The van der Waals surface area contributed by atoms with Gasteiger partial charge in [0.25, 0.3) is 11.3 Å². The second-order valence-corrected chi connectivity index (χ2v) is 7.29. The van der Waals surface area contributed by atoms with Crippen molar-refractivity contribution < 1.29 is 19.8 Å². The van der Waals surface area contributed by atoms with Gasteiger partial charge in [-0.25, -0.2) is 4.99 Å². The van der Waals surface area contributed by atoms with Crippen LogP contribution in [0.3, 0.4) is 0 Å². The zero-order chi connectivity index (χ0) is 25.1. The minimum Gasteiger partial charge on any atom is -0.504 e. The maximum absolute atomic E-state index is 12.6. The van der Waals surface area contributed by atoms with Gasteiger partial charge >= 0.3 is 0 Å². The molecule has 0 saturated carbocycles. The fourth-order valence-electron chi connectivity index (χ4n) is 3.22. The molecule has 0 unspecified atom stereocenters. The highest BCUT2D eigenvalue weighted by atomic mass is 16.3. The van der Waals surface area contributed by atoms with Crippen LogP contribution < -0.4 is 0 Å². The van der Waals surface area contributed by atoms with Crippen LogP contribution in [0.1, 0.15) is 29.5 Å². The lowest BCUT2D eigenvalue weighted by atomic mass is 9.80. The van der Waals surface area contributed by atoms with Crippen LogP contribution in [0.15, 0.2) is 47.5 Å². The average molecular weight is 453 g/mol. The van der Waals surface area contributed by atoms with E-state index in [1.807, 2.05) is 30.3 Å². The molecule has 0 aromatic heterocycles. The van der Waals surface area contributed by atoms with Crippen LogP contribution in [0.2, 0.25) is 0 Å². The van der Waals surface area contributed by atoms with Crippen LogP contribution in [0.25, 0.3) is 0 Å². The van der Waals surface area contributed by atoms with Crippen molar-refractivity contribution in [1.82, 2.24) is 0 Å². The van der Waals surface area contributed by atoms with Crippen molar-refractivity contribution in [2.45, 2.75) is 25.7 Å². The van der Waals surface area contributed by atoms with E-state index in [2.05, 4.69) is 4.99 Å². The quantitative estimate of drug-likeness (QED) is 0.251. The maximum Gasteiger partial charge on any atom is 0.288 e. The molecule has 0 radical (unpaired) electrons. The van der Waals surface area contributed by atoms with Crippen molar-refractivity contribution in [3.05, 3.63) is 59.2 Å². The SMILES string of the molecule is N#CC(C#N)C(=O)C(C#N)(C#N)C(=O)N=Cc1ccc(O)c(O)c1CCCCc1ccccc1. The first-order valence-electron chi connectivity index (χ1n) is 10.2. The number of phenolic OH excluding ortho intramolecular Hbond substituents is 2. The predicted octanol–water partition coefficient (Wildman–Crippen LogP) is 2.87. The van der Waals surface area contributed by atoms with E-state index in [9.17, 15) is 30.3 Å². The summed E-state index contributed by atoms with van der Waals surface area (Å²) in [4.78, 5) is 28.5. The zero-order valence-electron chi connectivity index (χ0n) is 18.0. The normalized spacial score (nSPS) is 10.7. The van der Waals surface area contributed by atoms with E-state index >= 15 is 0 Å². The highest BCUT2D eigenvalue weighted by molar-refractivity contribution is 6.16. The number of rotatable bonds is 9. The summed E-state index contributed by atoms with van der Waals surface area (Å²) in [5.41, 5.74) is -1.28. The van der Waals surface area contributed by atoms with E-state index in [4.69, 9.17) is 10.5 Å². The predicted molar refractivity (Wildman–Crippen MR) is 119 cm³/mol. The number of aliphatic imine (C=N–C) groups is 1. The van der Waals surface area contributed by atoms with Gasteiger partial charge < -0.3 is 10.2 Å². The second-order valence-electron chi connectivity index (χ2n) is 7.29. The Labute approximate surface area is 196 Å². The summed E-state index contributed by atoms with van der Waals surface area (Å²) in [6.45, 7) is 0. The van der Waals surface area contributed by atoms with Crippen molar-refractivity contribution >= 4 is 17.9 Å². The molecule has 0 aliphatic heterocycles. The molecule has 34 heavy (non-hydrogen) atoms. The molecular formula is C25H19N5O4. The van der Waals surface area contributed by atoms with Crippen LogP contribution in [-0.2, 0) is 22.4 Å². The minimum absolute atomic E-state index is 0.234. The number of carbonyl (C=O) groups is 2. The Balaban J connectivity index is 2.26. The van der Waals surface area contributed by atoms with Crippen molar-refractivity contribution in [2.75, 3.05) is 0 Å². The molecule has 2 rings (SSSR count). The summed E-state index contributed by atoms with van der Waals surface area (Å²) in [5.74, 6) is -5.68. The number of hydrogen-bond donors (Lipinski definition) is 2. The molecule has 0 aliphatic carbocycles. The fourth-order valence-corrected chi connectivity index (χ4v) is 3.22. The Morgan fingerprint density at radius 1 is 0.941 bits per heavy atom. The van der Waals surface area contributed by atoms with Gasteiger partial charge in [-0.1, -0.05) is 30.3 Å². The Morgan fingerprint density at radius 2 is 1.56 bits per heavy atom. The van der Waals surface area contributed by atoms with Crippen LogP contribution in [0, 0.1) is 56.7 Å². The fraction of sp³-hybridized carbons (Fsp3) is 0.240. The molecule has 2 N–H and O–H groups in total. The van der Waals surface area contributed by atoms with Crippen LogP contribution in [0.5, 0.6) is 11.5 Å². The monoisotopic (exact) mass is 453 g/mol. The first-order chi connectivity index (χ1) is 16.3. The van der Waals surface area contributed by atoms with E-state index in [-0.39, 0.29) is 11.3 Å². The first kappa shape index (κ1) is 25.3. The number of hydrogen-bond acceptors (Lipinski definition) is 8. The molecule has 0 bridgehead atoms. The average Bonchev–Trinajstić information content (AvgIpc) is 2.86. The first-order valence-corrected chi connectivity index (χ1v) is 10.2. The van der Waals surface area contributed by atoms with E-state index in [0.29, 0.717) is 18.4 Å². The van der Waals surface area contributed by atoms with Crippen LogP contribution in [0.4, 0.5) is 0 Å². The van der Waals surface area contributed by atoms with Gasteiger partial charge in [-0.05, 0) is 48.9 Å². The Morgan fingerprint density at radius 3 is 2.15 bits per heavy atom. The number of Topliss-reactive ketones (excluding diaryl/α,β-unsaturated/α-hetero) is 1. The molecule has 2 aromatic rings. The largest absolute Gasteiger partial charge is 0.504 e. The molecule has 168 valence electrons. The molecule has 0 aliphatic rings. The highest BCUT2D eigenvalue weighted by Crippen LogP contribution is 2.32. The Hall–Kier alpha value is -4.99. The van der Waals surface area contributed by atoms with Gasteiger partial charge in [0.15, 0.2) is 17.4 Å². The van der Waals surface area contributed by atoms with Gasteiger partial charge in [-0.3, -0.25) is 9.59 Å². The number of benzene rings is 2. The number of aromatic hydroxyl groups is 2. The summed E-state index contributed by atoms with van der Waals surface area (Å²) in [5, 5.41) is 56.7. The molecule has 0 atom stereocenters. The topological polar surface area (TPSA) is 182 Å². The summed E-state index contributed by atoms with van der Waals surface area (Å²) >= 11 is 0. The number of unbranched alkanes of at least 4 members (excludes halogenated alkanes) is 1. The molecule has 0 heterocycles. The van der Waals surface area contributed by atoms with Gasteiger partial charge in [-0.15, -0.1) is 0 Å². The lowest BCUT2D eigenvalue weighted by Crippen LogP contribution is -2.39. The molecule has 0 fully saturated rings. The van der Waals surface area contributed by atoms with Crippen LogP contribution in [-0.4, -0.2) is 28.1 Å². The van der Waals surface area contributed by atoms with Gasteiger partial charge in [0.2, 0.25) is 5.78 Å². The number of phenols is 2. The van der Waals surface area contributed by atoms with E-state index in [1.165, 1.54) is 36.4 Å². The highest BCUT2D eigenvalue weighted by Gasteiger charge is 2.50. The van der Waals surface area contributed by atoms with E-state index in [0.717, 1.165) is 24.6 Å². The number of nitrogens with zero attached hydrogens (tertiary/aromatic N) is 5. The standard InChI is InChI=1S/C25H19N5O4/c26-12-19(13-27)23(33)25(15-28,16-29)24(34)30-14-18-10-11-21(31)22(32)20(18)9-5-4-8-17-6-2-1-3-7-17/h1-3,6-7,10-11,14,19,31-32H,4-5,8-9H2. The third kappa shape index (κ3) is 5.43. The van der Waals surface area contributed by atoms with Gasteiger partial charge in [0, 0.05) is 11.8 Å². The molecule has 2 aromatic carbocycles. The third-order valence-electron chi connectivity index (χ3n) is 5.15. The summed E-state index contributed by atoms with van der Waals surface area (Å²) in [6.07, 6.45) is 3.51. The third-order valence-corrected chi connectivity index (χ3v) is 5.15. The van der Waals surface area contributed by atoms with Gasteiger partial charge in [0.05, 0.1) is 12.1 Å². The summed E-state index contributed by atoms with van der Waals surface area (Å²) in [6, 6.07) is 17.6. The molecule has 0 saturated heterocycles. The van der Waals surface area contributed by atoms with Crippen molar-refractivity contribution in [1.29, 1.82) is 21.0 Å². The van der Waals surface area contributed by atoms with Crippen LogP contribution >= 0.6 is 0 Å².